The molecule has 0 aliphatic heterocycles. The first-order valence-corrected chi connectivity index (χ1v) is 3.16. The van der Waals surface area contributed by atoms with Crippen LogP contribution in [0.1, 0.15) is 26.7 Å². The minimum absolute atomic E-state index is 0.172. The van der Waals surface area contributed by atoms with Crippen LogP contribution in [-0.2, 0) is 4.79 Å². The fraction of sp³-hybridized carbons (Fsp3) is 0.625. The summed E-state index contributed by atoms with van der Waals surface area (Å²) >= 11 is 0. The average Bonchev–Trinajstić information content (AvgIpc) is 1.89. The molecule has 0 aromatic rings. The Morgan fingerprint density at radius 3 is 2.78 bits per heavy atom. The summed E-state index contributed by atoms with van der Waals surface area (Å²) in [6, 6.07) is 0. The Balaban J connectivity index is 3.23. The lowest BCUT2D eigenvalue weighted by molar-refractivity contribution is -0.110. The molecule has 0 aromatic heterocycles. The van der Waals surface area contributed by atoms with E-state index in [9.17, 15) is 4.79 Å². The molecule has 1 nitrogen and oxygen atoms in total. The van der Waals surface area contributed by atoms with E-state index in [1.807, 2.05) is 13.8 Å². The molecule has 0 bridgehead atoms. The van der Waals surface area contributed by atoms with E-state index in [2.05, 4.69) is 11.8 Å². The van der Waals surface area contributed by atoms with Gasteiger partial charge in [-0.3, -0.25) is 0 Å². The normalized spacial score (nSPS) is 11.3. The summed E-state index contributed by atoms with van der Waals surface area (Å²) in [5.74, 6) is 5.86. The standard InChI is InChI=1S/C8H12O/c1-3-4-5-6-8(2)7-9/h7-8H,5-6H2,1-2H3/t8-/m1/s1. The summed E-state index contributed by atoms with van der Waals surface area (Å²) in [7, 11) is 0. The second-order valence-electron chi connectivity index (χ2n) is 2.08. The Bertz CT molecular complexity index is 127. The predicted octanol–water partition coefficient (Wildman–Crippen LogP) is 1.62. The Morgan fingerprint density at radius 2 is 2.33 bits per heavy atom. The first-order valence-electron chi connectivity index (χ1n) is 3.16. The summed E-state index contributed by atoms with van der Waals surface area (Å²) in [6.45, 7) is 3.72. The highest BCUT2D eigenvalue weighted by molar-refractivity contribution is 5.52. The summed E-state index contributed by atoms with van der Waals surface area (Å²) < 4.78 is 0. The van der Waals surface area contributed by atoms with Crippen molar-refractivity contribution in [3.63, 3.8) is 0 Å². The van der Waals surface area contributed by atoms with Crippen LogP contribution >= 0.6 is 0 Å². The topological polar surface area (TPSA) is 17.1 Å². The highest BCUT2D eigenvalue weighted by Crippen LogP contribution is 1.99. The Labute approximate surface area is 56.5 Å². The minimum atomic E-state index is 0.172. The molecule has 50 valence electrons. The van der Waals surface area contributed by atoms with Gasteiger partial charge in [-0.2, -0.15) is 0 Å². The summed E-state index contributed by atoms with van der Waals surface area (Å²) in [5.41, 5.74) is 0. The van der Waals surface area contributed by atoms with Crippen LogP contribution in [0.3, 0.4) is 0 Å². The molecule has 0 aromatic carbocycles. The minimum Gasteiger partial charge on any atom is -0.303 e. The van der Waals surface area contributed by atoms with Crippen LogP contribution in [0.15, 0.2) is 0 Å². The molecule has 0 amide bonds. The predicted molar refractivity (Wildman–Crippen MR) is 37.9 cm³/mol. The van der Waals surface area contributed by atoms with Crippen molar-refractivity contribution < 1.29 is 4.79 Å². The SMILES string of the molecule is CC#CCC[C@@H](C)C=O. The molecule has 0 radical (unpaired) electrons. The van der Waals surface area contributed by atoms with Gasteiger partial charge >= 0.3 is 0 Å². The van der Waals surface area contributed by atoms with Gasteiger partial charge in [0.1, 0.15) is 6.29 Å². The molecule has 0 saturated heterocycles. The number of rotatable bonds is 3. The first-order chi connectivity index (χ1) is 4.31. The molecule has 0 aliphatic carbocycles. The van der Waals surface area contributed by atoms with E-state index < -0.39 is 0 Å². The van der Waals surface area contributed by atoms with Gasteiger partial charge in [-0.05, 0) is 13.3 Å². The largest absolute Gasteiger partial charge is 0.303 e. The van der Waals surface area contributed by atoms with Crippen LogP contribution in [0.4, 0.5) is 0 Å². The third kappa shape index (κ3) is 5.10. The van der Waals surface area contributed by atoms with Gasteiger partial charge in [-0.25, -0.2) is 0 Å². The quantitative estimate of drug-likeness (QED) is 0.413. The number of aldehydes is 1. The summed E-state index contributed by atoms with van der Waals surface area (Å²) in [4.78, 5) is 10.1. The van der Waals surface area contributed by atoms with Crippen LogP contribution in [0, 0.1) is 17.8 Å². The summed E-state index contributed by atoms with van der Waals surface area (Å²) in [6.07, 6.45) is 2.71. The highest BCUT2D eigenvalue weighted by Gasteiger charge is 1.94. The van der Waals surface area contributed by atoms with Crippen molar-refractivity contribution in [2.45, 2.75) is 26.7 Å². The molecule has 0 fully saturated rings. The molecule has 1 heteroatoms. The van der Waals surface area contributed by atoms with Crippen LogP contribution < -0.4 is 0 Å². The molecule has 9 heavy (non-hydrogen) atoms. The second kappa shape index (κ2) is 5.37. The molecule has 0 aliphatic rings. The number of hydrogen-bond acceptors (Lipinski definition) is 1. The number of hydrogen-bond donors (Lipinski definition) is 0. The molecule has 0 heterocycles. The van der Waals surface area contributed by atoms with E-state index in [1.165, 1.54) is 0 Å². The van der Waals surface area contributed by atoms with Crippen LogP contribution in [-0.4, -0.2) is 6.29 Å². The number of carbonyl (C=O) groups is 1. The molecule has 0 spiro atoms. The Kier molecular flexibility index (Phi) is 4.91. The maximum absolute atomic E-state index is 10.1. The fourth-order valence-electron chi connectivity index (χ4n) is 0.493. The van der Waals surface area contributed by atoms with Crippen molar-refractivity contribution in [2.75, 3.05) is 0 Å². The van der Waals surface area contributed by atoms with E-state index in [4.69, 9.17) is 0 Å². The molecule has 0 rings (SSSR count). The zero-order valence-electron chi connectivity index (χ0n) is 5.98. The van der Waals surface area contributed by atoms with Gasteiger partial charge in [0, 0.05) is 12.3 Å². The van der Waals surface area contributed by atoms with Crippen molar-refractivity contribution in [1.82, 2.24) is 0 Å². The van der Waals surface area contributed by atoms with Gasteiger partial charge in [-0.1, -0.05) is 6.92 Å². The second-order valence-corrected chi connectivity index (χ2v) is 2.08. The molecule has 0 saturated carbocycles. The zero-order chi connectivity index (χ0) is 7.11. The maximum atomic E-state index is 10.1. The van der Waals surface area contributed by atoms with Crippen molar-refractivity contribution in [1.29, 1.82) is 0 Å². The van der Waals surface area contributed by atoms with Crippen molar-refractivity contribution in [3.05, 3.63) is 0 Å². The van der Waals surface area contributed by atoms with Crippen LogP contribution in [0.2, 0.25) is 0 Å². The third-order valence-electron chi connectivity index (χ3n) is 1.13. The highest BCUT2D eigenvalue weighted by atomic mass is 16.1. The van der Waals surface area contributed by atoms with Gasteiger partial charge in [-0.15, -0.1) is 11.8 Å². The zero-order valence-corrected chi connectivity index (χ0v) is 5.98. The van der Waals surface area contributed by atoms with Crippen molar-refractivity contribution in [2.24, 2.45) is 5.92 Å². The van der Waals surface area contributed by atoms with E-state index in [0.29, 0.717) is 0 Å². The van der Waals surface area contributed by atoms with Gasteiger partial charge in [0.25, 0.3) is 0 Å². The molecular formula is C8H12O. The molecule has 0 N–H and O–H groups in total. The lowest BCUT2D eigenvalue weighted by Crippen LogP contribution is -1.93. The molecule has 0 unspecified atom stereocenters. The van der Waals surface area contributed by atoms with Gasteiger partial charge in [0.15, 0.2) is 0 Å². The fourth-order valence-corrected chi connectivity index (χ4v) is 0.493. The number of carbonyl (C=O) groups excluding carboxylic acids is 1. The van der Waals surface area contributed by atoms with E-state index in [-0.39, 0.29) is 5.92 Å². The van der Waals surface area contributed by atoms with E-state index in [1.54, 1.807) is 0 Å². The summed E-state index contributed by atoms with van der Waals surface area (Å²) in [5, 5.41) is 0. The van der Waals surface area contributed by atoms with Crippen LogP contribution in [0.5, 0.6) is 0 Å². The first kappa shape index (κ1) is 8.23. The Morgan fingerprint density at radius 1 is 1.67 bits per heavy atom. The lowest BCUT2D eigenvalue weighted by atomic mass is 10.1. The van der Waals surface area contributed by atoms with Gasteiger partial charge < -0.3 is 4.79 Å². The Hall–Kier alpha value is -0.770. The van der Waals surface area contributed by atoms with Crippen molar-refractivity contribution >= 4 is 6.29 Å². The van der Waals surface area contributed by atoms with Gasteiger partial charge in [0.2, 0.25) is 0 Å². The third-order valence-corrected chi connectivity index (χ3v) is 1.13. The van der Waals surface area contributed by atoms with Crippen LogP contribution in [0.25, 0.3) is 0 Å². The average molecular weight is 124 g/mol. The maximum Gasteiger partial charge on any atom is 0.122 e. The monoisotopic (exact) mass is 124 g/mol. The van der Waals surface area contributed by atoms with E-state index in [0.717, 1.165) is 19.1 Å². The van der Waals surface area contributed by atoms with E-state index >= 15 is 0 Å². The molecular weight excluding hydrogens is 112 g/mol. The van der Waals surface area contributed by atoms with Gasteiger partial charge in [0.05, 0.1) is 0 Å². The van der Waals surface area contributed by atoms with Crippen molar-refractivity contribution in [3.8, 4) is 11.8 Å². The lowest BCUT2D eigenvalue weighted by Gasteiger charge is -1.94. The molecule has 1 atom stereocenters. The smallest absolute Gasteiger partial charge is 0.122 e.